The highest BCUT2D eigenvalue weighted by atomic mass is 35.5. The van der Waals surface area contributed by atoms with Crippen molar-refractivity contribution in [2.75, 3.05) is 4.72 Å². The average Bonchev–Trinajstić information content (AvgIpc) is 2.43. The molecule has 2 rings (SSSR count). The summed E-state index contributed by atoms with van der Waals surface area (Å²) in [6.45, 7) is 0. The van der Waals surface area contributed by atoms with Gasteiger partial charge in [-0.2, -0.15) is 5.26 Å². The van der Waals surface area contributed by atoms with Crippen molar-refractivity contribution in [2.45, 2.75) is 4.90 Å². The first kappa shape index (κ1) is 15.2. The SMILES string of the molecule is N#Cc1ccc(S(=O)(=O)Nc2cccc(F)c2F)cc1Cl. The van der Waals surface area contributed by atoms with Gasteiger partial charge in [0.15, 0.2) is 11.6 Å². The normalized spacial score (nSPS) is 11.0. The predicted octanol–water partition coefficient (Wildman–Crippen LogP) is 3.29. The molecule has 0 heterocycles. The van der Waals surface area contributed by atoms with Gasteiger partial charge in [-0.3, -0.25) is 4.72 Å². The second kappa shape index (κ2) is 5.68. The molecular weight excluding hydrogens is 322 g/mol. The monoisotopic (exact) mass is 328 g/mol. The van der Waals surface area contributed by atoms with E-state index < -0.39 is 27.3 Å². The van der Waals surface area contributed by atoms with Crippen LogP contribution in [0, 0.1) is 23.0 Å². The van der Waals surface area contributed by atoms with Crippen molar-refractivity contribution in [3.05, 3.63) is 58.6 Å². The summed E-state index contributed by atoms with van der Waals surface area (Å²) < 4.78 is 52.6. The maximum atomic E-state index is 13.5. The zero-order valence-corrected chi connectivity index (χ0v) is 11.8. The van der Waals surface area contributed by atoms with E-state index in [4.69, 9.17) is 16.9 Å². The lowest BCUT2D eigenvalue weighted by Gasteiger charge is -2.09. The molecule has 0 saturated carbocycles. The fraction of sp³-hybridized carbons (Fsp3) is 0. The minimum atomic E-state index is -4.15. The molecule has 0 aliphatic carbocycles. The van der Waals surface area contributed by atoms with Crippen molar-refractivity contribution in [1.29, 1.82) is 5.26 Å². The number of sulfonamides is 1. The lowest BCUT2D eigenvalue weighted by Crippen LogP contribution is -2.14. The first-order chi connectivity index (χ1) is 9.85. The van der Waals surface area contributed by atoms with Gasteiger partial charge in [-0.05, 0) is 30.3 Å². The van der Waals surface area contributed by atoms with Crippen LogP contribution in [0.4, 0.5) is 14.5 Å². The van der Waals surface area contributed by atoms with Crippen molar-refractivity contribution < 1.29 is 17.2 Å². The van der Waals surface area contributed by atoms with Gasteiger partial charge in [-0.15, -0.1) is 0 Å². The van der Waals surface area contributed by atoms with Crippen molar-refractivity contribution >= 4 is 27.3 Å². The predicted molar refractivity (Wildman–Crippen MR) is 73.3 cm³/mol. The molecule has 1 N–H and O–H groups in total. The molecule has 0 spiro atoms. The van der Waals surface area contributed by atoms with Crippen LogP contribution in [-0.2, 0) is 10.0 Å². The number of benzene rings is 2. The molecule has 8 heteroatoms. The number of hydrogen-bond acceptors (Lipinski definition) is 3. The first-order valence-electron chi connectivity index (χ1n) is 5.51. The molecule has 0 atom stereocenters. The van der Waals surface area contributed by atoms with Crippen molar-refractivity contribution in [1.82, 2.24) is 0 Å². The molecule has 0 radical (unpaired) electrons. The maximum absolute atomic E-state index is 13.5. The van der Waals surface area contributed by atoms with Crippen LogP contribution < -0.4 is 4.72 Å². The molecule has 4 nitrogen and oxygen atoms in total. The Bertz CT molecular complexity index is 848. The van der Waals surface area contributed by atoms with E-state index in [-0.39, 0.29) is 15.5 Å². The Hall–Kier alpha value is -2.17. The third kappa shape index (κ3) is 3.12. The average molecular weight is 329 g/mol. The van der Waals surface area contributed by atoms with Gasteiger partial charge >= 0.3 is 0 Å². The third-order valence-electron chi connectivity index (χ3n) is 2.57. The van der Waals surface area contributed by atoms with Crippen LogP contribution in [0.2, 0.25) is 5.02 Å². The fourth-order valence-corrected chi connectivity index (χ4v) is 2.91. The Labute approximate surface area is 124 Å². The molecule has 21 heavy (non-hydrogen) atoms. The molecule has 0 bridgehead atoms. The summed E-state index contributed by atoms with van der Waals surface area (Å²) in [5.74, 6) is -2.48. The van der Waals surface area contributed by atoms with E-state index in [0.717, 1.165) is 24.3 Å². The quantitative estimate of drug-likeness (QED) is 0.939. The van der Waals surface area contributed by atoms with Gasteiger partial charge in [0, 0.05) is 0 Å². The molecule has 0 aliphatic rings. The van der Waals surface area contributed by atoms with E-state index in [9.17, 15) is 17.2 Å². The van der Waals surface area contributed by atoms with Crippen LogP contribution in [0.3, 0.4) is 0 Å². The van der Waals surface area contributed by atoms with Crippen molar-refractivity contribution in [3.8, 4) is 6.07 Å². The summed E-state index contributed by atoms with van der Waals surface area (Å²) in [6.07, 6.45) is 0. The molecule has 0 fully saturated rings. The van der Waals surface area contributed by atoms with E-state index in [1.807, 2.05) is 4.72 Å². The van der Waals surface area contributed by atoms with Crippen LogP contribution in [0.15, 0.2) is 41.3 Å². The Morgan fingerprint density at radius 3 is 2.52 bits per heavy atom. The van der Waals surface area contributed by atoms with Crippen molar-refractivity contribution in [3.63, 3.8) is 0 Å². The maximum Gasteiger partial charge on any atom is 0.262 e. The highest BCUT2D eigenvalue weighted by Gasteiger charge is 2.19. The number of nitrogens with zero attached hydrogens (tertiary/aromatic N) is 1. The lowest BCUT2D eigenvalue weighted by molar-refractivity contribution is 0.511. The summed E-state index contributed by atoms with van der Waals surface area (Å²) in [4.78, 5) is -0.268. The number of hydrogen-bond donors (Lipinski definition) is 1. The van der Waals surface area contributed by atoms with Crippen LogP contribution in [0.25, 0.3) is 0 Å². The minimum Gasteiger partial charge on any atom is -0.277 e. The van der Waals surface area contributed by atoms with E-state index in [1.165, 1.54) is 12.1 Å². The number of nitriles is 1. The van der Waals surface area contributed by atoms with E-state index >= 15 is 0 Å². The molecule has 0 unspecified atom stereocenters. The van der Waals surface area contributed by atoms with Gasteiger partial charge in [0.25, 0.3) is 10.0 Å². The number of halogens is 3. The van der Waals surface area contributed by atoms with Gasteiger partial charge < -0.3 is 0 Å². The summed E-state index contributed by atoms with van der Waals surface area (Å²) in [5, 5.41) is 8.67. The van der Waals surface area contributed by atoms with Gasteiger partial charge in [-0.25, -0.2) is 17.2 Å². The Balaban J connectivity index is 2.41. The van der Waals surface area contributed by atoms with E-state index in [2.05, 4.69) is 0 Å². The minimum absolute atomic E-state index is 0.0555. The van der Waals surface area contributed by atoms with Gasteiger partial charge in [0.2, 0.25) is 0 Å². The molecule has 0 aliphatic heterocycles. The van der Waals surface area contributed by atoms with Gasteiger partial charge in [-0.1, -0.05) is 17.7 Å². The highest BCUT2D eigenvalue weighted by Crippen LogP contribution is 2.24. The van der Waals surface area contributed by atoms with E-state index in [1.54, 1.807) is 6.07 Å². The standard InChI is InChI=1S/C13H7ClF2N2O2S/c14-10-6-9(5-4-8(10)7-17)21(19,20)18-12-3-1-2-11(15)13(12)16/h1-6,18H. The third-order valence-corrected chi connectivity index (χ3v) is 4.24. The Morgan fingerprint density at radius 1 is 1.19 bits per heavy atom. The highest BCUT2D eigenvalue weighted by molar-refractivity contribution is 7.92. The van der Waals surface area contributed by atoms with Crippen LogP contribution in [-0.4, -0.2) is 8.42 Å². The number of rotatable bonds is 3. The fourth-order valence-electron chi connectivity index (χ4n) is 1.54. The number of anilines is 1. The zero-order chi connectivity index (χ0) is 15.6. The smallest absolute Gasteiger partial charge is 0.262 e. The van der Waals surface area contributed by atoms with Crippen LogP contribution >= 0.6 is 11.6 Å². The second-order valence-corrected chi connectivity index (χ2v) is 6.05. The Morgan fingerprint density at radius 2 is 1.90 bits per heavy atom. The number of nitrogens with one attached hydrogen (secondary N) is 1. The molecule has 0 saturated heterocycles. The van der Waals surface area contributed by atoms with Crippen LogP contribution in [0.5, 0.6) is 0 Å². The van der Waals surface area contributed by atoms with Crippen LogP contribution in [0.1, 0.15) is 5.56 Å². The molecule has 2 aromatic rings. The van der Waals surface area contributed by atoms with Gasteiger partial charge in [0.05, 0.1) is 21.2 Å². The molecule has 0 aromatic heterocycles. The first-order valence-corrected chi connectivity index (χ1v) is 7.38. The molecular formula is C13H7ClF2N2O2S. The molecule has 108 valence electrons. The van der Waals surface area contributed by atoms with Gasteiger partial charge in [0.1, 0.15) is 6.07 Å². The summed E-state index contributed by atoms with van der Waals surface area (Å²) in [6, 6.07) is 8.32. The topological polar surface area (TPSA) is 70.0 Å². The second-order valence-electron chi connectivity index (χ2n) is 3.96. The molecule has 2 aromatic carbocycles. The summed E-state index contributed by atoms with van der Waals surface area (Å²) in [7, 11) is -4.15. The largest absolute Gasteiger partial charge is 0.277 e. The summed E-state index contributed by atoms with van der Waals surface area (Å²) in [5.41, 5.74) is -0.414. The van der Waals surface area contributed by atoms with Crippen molar-refractivity contribution in [2.24, 2.45) is 0 Å². The zero-order valence-electron chi connectivity index (χ0n) is 10.3. The summed E-state index contributed by atoms with van der Waals surface area (Å²) >= 11 is 5.75. The molecule has 0 amide bonds. The Kier molecular flexibility index (Phi) is 4.11. The lowest BCUT2D eigenvalue weighted by atomic mass is 10.2. The van der Waals surface area contributed by atoms with E-state index in [0.29, 0.717) is 0 Å².